The lowest BCUT2D eigenvalue weighted by atomic mass is 10.1. The lowest BCUT2D eigenvalue weighted by Gasteiger charge is -2.18. The molecule has 0 saturated heterocycles. The fourth-order valence-electron chi connectivity index (χ4n) is 2.82. The van der Waals surface area contributed by atoms with Gasteiger partial charge >= 0.3 is 0 Å². The summed E-state index contributed by atoms with van der Waals surface area (Å²) in [6.45, 7) is 0. The van der Waals surface area contributed by atoms with Crippen LogP contribution >= 0.6 is 11.6 Å². The maximum absolute atomic E-state index is 13.4. The minimum absolute atomic E-state index is 0.202. The molecular weight excluding hydrogens is 357 g/mol. The van der Waals surface area contributed by atoms with Crippen LogP contribution in [-0.4, -0.2) is 11.8 Å². The van der Waals surface area contributed by atoms with Gasteiger partial charge in [-0.25, -0.2) is 9.29 Å². The van der Waals surface area contributed by atoms with E-state index in [1.807, 2.05) is 0 Å². The monoisotopic (exact) mass is 367 g/mol. The van der Waals surface area contributed by atoms with Gasteiger partial charge in [0.2, 0.25) is 0 Å². The Kier molecular flexibility index (Phi) is 3.93. The zero-order valence-electron chi connectivity index (χ0n) is 13.3. The predicted octanol–water partition coefficient (Wildman–Crippen LogP) is 5.07. The maximum Gasteiger partial charge on any atom is 0.266 e. The highest BCUT2D eigenvalue weighted by Crippen LogP contribution is 2.38. The SMILES string of the molecule is O=C1c2ccccc2C(=O)N1c1cc(Cl)ccc1Oc1cccc(F)c1. The Morgan fingerprint density at radius 1 is 0.846 bits per heavy atom. The van der Waals surface area contributed by atoms with E-state index in [1.54, 1.807) is 36.4 Å². The van der Waals surface area contributed by atoms with Gasteiger partial charge in [0, 0.05) is 11.1 Å². The molecule has 0 spiro atoms. The fraction of sp³-hybridized carbons (Fsp3) is 0. The van der Waals surface area contributed by atoms with E-state index in [4.69, 9.17) is 16.3 Å². The molecule has 4 nitrogen and oxygen atoms in total. The lowest BCUT2D eigenvalue weighted by molar-refractivity contribution is 0.0925. The van der Waals surface area contributed by atoms with Crippen LogP contribution in [0.1, 0.15) is 20.7 Å². The van der Waals surface area contributed by atoms with E-state index in [2.05, 4.69) is 0 Å². The number of carbonyl (C=O) groups is 2. The summed E-state index contributed by atoms with van der Waals surface area (Å²) in [5.41, 5.74) is 0.830. The van der Waals surface area contributed by atoms with E-state index in [-0.39, 0.29) is 17.2 Å². The maximum atomic E-state index is 13.4. The summed E-state index contributed by atoms with van der Waals surface area (Å²) < 4.78 is 19.1. The van der Waals surface area contributed by atoms with Gasteiger partial charge in [0.25, 0.3) is 11.8 Å². The number of nitrogens with zero attached hydrogens (tertiary/aromatic N) is 1. The molecule has 2 amide bonds. The van der Waals surface area contributed by atoms with E-state index in [9.17, 15) is 14.0 Å². The van der Waals surface area contributed by atoms with Gasteiger partial charge in [0.1, 0.15) is 11.6 Å². The minimum Gasteiger partial charge on any atom is -0.455 e. The minimum atomic E-state index is -0.461. The van der Waals surface area contributed by atoms with Crippen LogP contribution in [-0.2, 0) is 0 Å². The number of imide groups is 1. The van der Waals surface area contributed by atoms with Crippen LogP contribution in [0.25, 0.3) is 0 Å². The zero-order valence-corrected chi connectivity index (χ0v) is 14.0. The normalized spacial score (nSPS) is 13.1. The Hall–Kier alpha value is -3.18. The van der Waals surface area contributed by atoms with Crippen molar-refractivity contribution in [3.05, 3.63) is 88.7 Å². The molecule has 0 aromatic heterocycles. The summed E-state index contributed by atoms with van der Waals surface area (Å²) >= 11 is 6.07. The third-order valence-electron chi connectivity index (χ3n) is 3.98. The summed E-state index contributed by atoms with van der Waals surface area (Å²) in [7, 11) is 0. The van der Waals surface area contributed by atoms with Crippen LogP contribution in [0, 0.1) is 5.82 Å². The van der Waals surface area contributed by atoms with Crippen molar-refractivity contribution in [2.75, 3.05) is 4.90 Å². The second-order valence-corrected chi connectivity index (χ2v) is 6.10. The number of rotatable bonds is 3. The third kappa shape index (κ3) is 2.72. The van der Waals surface area contributed by atoms with Gasteiger partial charge < -0.3 is 4.74 Å². The van der Waals surface area contributed by atoms with Gasteiger partial charge in [-0.05, 0) is 42.5 Å². The number of carbonyl (C=O) groups excluding carboxylic acids is 2. The quantitative estimate of drug-likeness (QED) is 0.607. The predicted molar refractivity (Wildman–Crippen MR) is 95.5 cm³/mol. The highest BCUT2D eigenvalue weighted by molar-refractivity contribution is 6.36. The van der Waals surface area contributed by atoms with Crippen molar-refractivity contribution >= 4 is 29.1 Å². The Balaban J connectivity index is 1.79. The summed E-state index contributed by atoms with van der Waals surface area (Å²) in [4.78, 5) is 26.5. The molecule has 0 fully saturated rings. The van der Waals surface area contributed by atoms with Crippen LogP contribution in [0.5, 0.6) is 11.5 Å². The van der Waals surface area contributed by atoms with Crippen LogP contribution in [0.2, 0.25) is 5.02 Å². The van der Waals surface area contributed by atoms with Gasteiger partial charge in [-0.3, -0.25) is 9.59 Å². The Labute approximate surface area is 153 Å². The first kappa shape index (κ1) is 16.3. The average molecular weight is 368 g/mol. The molecule has 3 aromatic rings. The summed E-state index contributed by atoms with van der Waals surface area (Å²) in [5.74, 6) is -0.924. The van der Waals surface area contributed by atoms with Gasteiger partial charge in [-0.2, -0.15) is 0 Å². The smallest absolute Gasteiger partial charge is 0.266 e. The molecule has 1 heterocycles. The summed E-state index contributed by atoms with van der Waals surface area (Å²) in [5, 5.41) is 0.336. The van der Waals surface area contributed by atoms with Gasteiger partial charge in [-0.15, -0.1) is 0 Å². The first-order chi connectivity index (χ1) is 12.5. The molecule has 0 bridgehead atoms. The van der Waals surface area contributed by atoms with Crippen LogP contribution in [0.3, 0.4) is 0 Å². The van der Waals surface area contributed by atoms with Crippen molar-refractivity contribution in [2.45, 2.75) is 0 Å². The summed E-state index contributed by atoms with van der Waals surface area (Å²) in [6, 6.07) is 16.7. The molecule has 0 atom stereocenters. The molecule has 0 saturated carbocycles. The molecule has 3 aromatic carbocycles. The number of halogens is 2. The largest absolute Gasteiger partial charge is 0.455 e. The van der Waals surface area contributed by atoms with Crippen molar-refractivity contribution in [3.8, 4) is 11.5 Å². The van der Waals surface area contributed by atoms with Gasteiger partial charge in [0.15, 0.2) is 5.75 Å². The molecular formula is C20H11ClFNO3. The third-order valence-corrected chi connectivity index (χ3v) is 4.21. The number of hydrogen-bond donors (Lipinski definition) is 0. The zero-order chi connectivity index (χ0) is 18.3. The summed E-state index contributed by atoms with van der Waals surface area (Å²) in [6.07, 6.45) is 0. The van der Waals surface area contributed by atoms with Crippen molar-refractivity contribution in [3.63, 3.8) is 0 Å². The highest BCUT2D eigenvalue weighted by Gasteiger charge is 2.38. The second kappa shape index (κ2) is 6.28. The van der Waals surface area contributed by atoms with Crippen molar-refractivity contribution in [1.82, 2.24) is 0 Å². The van der Waals surface area contributed by atoms with Crippen LogP contribution < -0.4 is 9.64 Å². The van der Waals surface area contributed by atoms with Crippen LogP contribution in [0.4, 0.5) is 10.1 Å². The lowest BCUT2D eigenvalue weighted by Crippen LogP contribution is -2.29. The Bertz CT molecular complexity index is 1020. The standard InChI is InChI=1S/C20H11ClFNO3/c21-12-8-9-18(26-14-5-3-4-13(22)11-14)17(10-12)23-19(24)15-6-1-2-7-16(15)20(23)25/h1-11H. The molecule has 0 radical (unpaired) electrons. The van der Waals surface area contributed by atoms with Gasteiger partial charge in [-0.1, -0.05) is 29.8 Å². The van der Waals surface area contributed by atoms with E-state index in [0.717, 1.165) is 4.90 Å². The molecule has 0 N–H and O–H groups in total. The Morgan fingerprint density at radius 2 is 1.54 bits per heavy atom. The molecule has 128 valence electrons. The number of ether oxygens (including phenoxy) is 1. The van der Waals surface area contributed by atoms with E-state index < -0.39 is 17.6 Å². The molecule has 0 aliphatic carbocycles. The topological polar surface area (TPSA) is 46.6 Å². The second-order valence-electron chi connectivity index (χ2n) is 5.66. The van der Waals surface area contributed by atoms with E-state index >= 15 is 0 Å². The molecule has 1 aliphatic rings. The Morgan fingerprint density at radius 3 is 2.19 bits per heavy atom. The van der Waals surface area contributed by atoms with Crippen LogP contribution in [0.15, 0.2) is 66.7 Å². The van der Waals surface area contributed by atoms with E-state index in [0.29, 0.717) is 16.1 Å². The average Bonchev–Trinajstić information content (AvgIpc) is 2.88. The molecule has 26 heavy (non-hydrogen) atoms. The highest BCUT2D eigenvalue weighted by atomic mass is 35.5. The number of benzene rings is 3. The fourth-order valence-corrected chi connectivity index (χ4v) is 2.98. The number of hydrogen-bond acceptors (Lipinski definition) is 3. The first-order valence-corrected chi connectivity index (χ1v) is 8.13. The molecule has 4 rings (SSSR count). The molecule has 1 aliphatic heterocycles. The molecule has 0 unspecified atom stereocenters. The van der Waals surface area contributed by atoms with Crippen molar-refractivity contribution in [1.29, 1.82) is 0 Å². The van der Waals surface area contributed by atoms with Crippen molar-refractivity contribution in [2.24, 2.45) is 0 Å². The van der Waals surface area contributed by atoms with E-state index in [1.165, 1.54) is 30.3 Å². The van der Waals surface area contributed by atoms with Crippen molar-refractivity contribution < 1.29 is 18.7 Å². The van der Waals surface area contributed by atoms with Gasteiger partial charge in [0.05, 0.1) is 16.8 Å². The number of amides is 2. The number of anilines is 1. The first-order valence-electron chi connectivity index (χ1n) is 7.75. The molecule has 6 heteroatoms. The number of fused-ring (bicyclic) bond motifs is 1.